The van der Waals surface area contributed by atoms with Gasteiger partial charge in [0, 0.05) is 13.2 Å². The molecule has 1 heterocycles. The van der Waals surface area contributed by atoms with E-state index in [0.717, 1.165) is 25.7 Å². The maximum Gasteiger partial charge on any atom is 0.325 e. The molecule has 0 atom stereocenters. The third-order valence-electron chi connectivity index (χ3n) is 4.17. The minimum Gasteiger partial charge on any atom is -0.380 e. The van der Waals surface area contributed by atoms with Crippen molar-refractivity contribution >= 4 is 11.9 Å². The lowest BCUT2D eigenvalue weighted by Gasteiger charge is -2.40. The number of hydrogen-bond donors (Lipinski definition) is 1. The first-order valence-electron chi connectivity index (χ1n) is 6.81. The quantitative estimate of drug-likeness (QED) is 0.611. The van der Waals surface area contributed by atoms with Gasteiger partial charge in [-0.3, -0.25) is 10.1 Å². The van der Waals surface area contributed by atoms with E-state index in [1.807, 2.05) is 6.92 Å². The number of ether oxygens (including phenoxy) is 1. The lowest BCUT2D eigenvalue weighted by molar-refractivity contribution is -0.128. The zero-order valence-electron chi connectivity index (χ0n) is 11.2. The van der Waals surface area contributed by atoms with Crippen LogP contribution >= 0.6 is 0 Å². The molecule has 0 bridgehead atoms. The molecule has 1 aliphatic heterocycles. The lowest BCUT2D eigenvalue weighted by Crippen LogP contribution is -2.52. The van der Waals surface area contributed by atoms with Gasteiger partial charge in [-0.05, 0) is 38.5 Å². The summed E-state index contributed by atoms with van der Waals surface area (Å²) in [6, 6.07) is -0.255. The highest BCUT2D eigenvalue weighted by Gasteiger charge is 2.53. The summed E-state index contributed by atoms with van der Waals surface area (Å²) in [7, 11) is 0. The minimum atomic E-state index is -0.597. The van der Waals surface area contributed by atoms with E-state index in [2.05, 4.69) is 12.2 Å². The van der Waals surface area contributed by atoms with Crippen molar-refractivity contribution in [3.8, 4) is 0 Å². The van der Waals surface area contributed by atoms with Gasteiger partial charge in [0.1, 0.15) is 5.54 Å². The zero-order chi connectivity index (χ0) is 13.2. The molecule has 2 fully saturated rings. The van der Waals surface area contributed by atoms with Crippen LogP contribution in [0.25, 0.3) is 0 Å². The predicted molar refractivity (Wildman–Crippen MR) is 67.1 cm³/mol. The fraction of sp³-hybridized carbons (Fsp3) is 0.846. The Kier molecular flexibility index (Phi) is 3.90. The molecule has 1 N–H and O–H groups in total. The highest BCUT2D eigenvalue weighted by molar-refractivity contribution is 6.07. The predicted octanol–water partition coefficient (Wildman–Crippen LogP) is 1.52. The van der Waals surface area contributed by atoms with Crippen molar-refractivity contribution in [2.75, 3.05) is 19.8 Å². The van der Waals surface area contributed by atoms with Crippen LogP contribution in [0.3, 0.4) is 0 Å². The second kappa shape index (κ2) is 5.26. The molecule has 18 heavy (non-hydrogen) atoms. The average Bonchev–Trinajstić information content (AvgIpc) is 2.57. The fourth-order valence-corrected chi connectivity index (χ4v) is 2.95. The Morgan fingerprint density at radius 3 is 2.67 bits per heavy atom. The van der Waals surface area contributed by atoms with Crippen molar-refractivity contribution < 1.29 is 14.3 Å². The van der Waals surface area contributed by atoms with Crippen LogP contribution in [0.15, 0.2) is 0 Å². The topological polar surface area (TPSA) is 58.6 Å². The molecule has 2 aliphatic rings. The third kappa shape index (κ3) is 2.23. The Morgan fingerprint density at radius 1 is 1.39 bits per heavy atom. The van der Waals surface area contributed by atoms with Crippen LogP contribution in [0.1, 0.15) is 39.5 Å². The maximum absolute atomic E-state index is 12.1. The Balaban J connectivity index is 2.09. The summed E-state index contributed by atoms with van der Waals surface area (Å²) >= 11 is 0. The molecule has 1 saturated carbocycles. The normalized spacial score (nSPS) is 32.1. The van der Waals surface area contributed by atoms with E-state index in [-0.39, 0.29) is 11.9 Å². The summed E-state index contributed by atoms with van der Waals surface area (Å²) in [6.07, 6.45) is 3.56. The lowest BCUT2D eigenvalue weighted by atomic mass is 9.76. The van der Waals surface area contributed by atoms with Gasteiger partial charge in [-0.15, -0.1) is 0 Å². The molecule has 0 radical (unpaired) electrons. The monoisotopic (exact) mass is 254 g/mol. The number of carbonyl (C=O) groups excluding carboxylic acids is 2. The number of carbonyl (C=O) groups is 2. The first kappa shape index (κ1) is 13.3. The summed E-state index contributed by atoms with van der Waals surface area (Å²) < 4.78 is 5.30. The van der Waals surface area contributed by atoms with Gasteiger partial charge in [-0.25, -0.2) is 4.79 Å². The van der Waals surface area contributed by atoms with E-state index in [1.165, 1.54) is 0 Å². The molecule has 0 aromatic heterocycles. The second-order valence-electron chi connectivity index (χ2n) is 5.32. The van der Waals surface area contributed by atoms with Gasteiger partial charge in [-0.1, -0.05) is 6.92 Å². The largest absolute Gasteiger partial charge is 0.380 e. The third-order valence-corrected chi connectivity index (χ3v) is 4.17. The molecule has 5 heteroatoms. The minimum absolute atomic E-state index is 0.115. The number of nitrogens with one attached hydrogen (secondary N) is 1. The Labute approximate surface area is 108 Å². The van der Waals surface area contributed by atoms with Crippen molar-refractivity contribution in [3.05, 3.63) is 0 Å². The van der Waals surface area contributed by atoms with Crippen LogP contribution in [-0.2, 0) is 9.53 Å². The van der Waals surface area contributed by atoms with Crippen LogP contribution in [0.4, 0.5) is 4.79 Å². The van der Waals surface area contributed by atoms with Gasteiger partial charge >= 0.3 is 6.03 Å². The smallest absolute Gasteiger partial charge is 0.325 e. The van der Waals surface area contributed by atoms with Crippen LogP contribution in [0, 0.1) is 5.92 Å². The van der Waals surface area contributed by atoms with Crippen LogP contribution in [0.5, 0.6) is 0 Å². The summed E-state index contributed by atoms with van der Waals surface area (Å²) in [5.41, 5.74) is -0.597. The van der Waals surface area contributed by atoms with Crippen molar-refractivity contribution in [1.82, 2.24) is 10.2 Å². The fourth-order valence-electron chi connectivity index (χ4n) is 2.95. The second-order valence-corrected chi connectivity index (χ2v) is 5.32. The molecule has 1 aliphatic carbocycles. The van der Waals surface area contributed by atoms with Crippen molar-refractivity contribution in [2.45, 2.75) is 45.1 Å². The van der Waals surface area contributed by atoms with Gasteiger partial charge in [0.2, 0.25) is 0 Å². The summed E-state index contributed by atoms with van der Waals surface area (Å²) in [4.78, 5) is 25.7. The van der Waals surface area contributed by atoms with Gasteiger partial charge in [0.15, 0.2) is 0 Å². The van der Waals surface area contributed by atoms with E-state index in [4.69, 9.17) is 4.74 Å². The number of nitrogens with zero attached hydrogens (tertiary/aromatic N) is 1. The van der Waals surface area contributed by atoms with E-state index in [1.54, 1.807) is 4.90 Å². The van der Waals surface area contributed by atoms with Gasteiger partial charge < -0.3 is 9.64 Å². The van der Waals surface area contributed by atoms with E-state index >= 15 is 0 Å². The van der Waals surface area contributed by atoms with Crippen LogP contribution in [-0.4, -0.2) is 42.1 Å². The SMILES string of the molecule is CCOCCN1C(=O)NC(=O)C12CCC(C)CC2. The van der Waals surface area contributed by atoms with E-state index in [9.17, 15) is 9.59 Å². The van der Waals surface area contributed by atoms with Gasteiger partial charge in [-0.2, -0.15) is 0 Å². The molecule has 0 unspecified atom stereocenters. The van der Waals surface area contributed by atoms with Crippen molar-refractivity contribution in [3.63, 3.8) is 0 Å². The zero-order valence-corrected chi connectivity index (χ0v) is 11.2. The highest BCUT2D eigenvalue weighted by atomic mass is 16.5. The molecule has 0 aromatic rings. The number of amides is 3. The Bertz CT molecular complexity index is 335. The number of hydrogen-bond acceptors (Lipinski definition) is 3. The van der Waals surface area contributed by atoms with Gasteiger partial charge in [0.05, 0.1) is 6.61 Å². The van der Waals surface area contributed by atoms with Crippen molar-refractivity contribution in [1.29, 1.82) is 0 Å². The molecule has 2 rings (SSSR count). The summed E-state index contributed by atoms with van der Waals surface area (Å²) in [6.45, 7) is 5.75. The molecule has 3 amide bonds. The molecular formula is C13H22N2O3. The maximum atomic E-state index is 12.1. The van der Waals surface area contributed by atoms with E-state index < -0.39 is 5.54 Å². The Morgan fingerprint density at radius 2 is 2.06 bits per heavy atom. The molecular weight excluding hydrogens is 232 g/mol. The first-order chi connectivity index (χ1) is 8.60. The van der Waals surface area contributed by atoms with Gasteiger partial charge in [0.25, 0.3) is 5.91 Å². The summed E-state index contributed by atoms with van der Waals surface area (Å²) in [5, 5.41) is 2.46. The summed E-state index contributed by atoms with van der Waals surface area (Å²) in [5.74, 6) is 0.531. The number of imide groups is 1. The van der Waals surface area contributed by atoms with Crippen LogP contribution < -0.4 is 5.32 Å². The standard InChI is InChI=1S/C13H22N2O3/c1-3-18-9-8-15-12(17)14-11(16)13(15)6-4-10(2)5-7-13/h10H,3-9H2,1-2H3,(H,14,16,17). The van der Waals surface area contributed by atoms with Crippen LogP contribution in [0.2, 0.25) is 0 Å². The van der Waals surface area contributed by atoms with Crippen molar-refractivity contribution in [2.24, 2.45) is 5.92 Å². The molecule has 1 spiro atoms. The molecule has 102 valence electrons. The Hall–Kier alpha value is -1.10. The highest BCUT2D eigenvalue weighted by Crippen LogP contribution is 2.39. The number of rotatable bonds is 4. The first-order valence-corrected chi connectivity index (χ1v) is 6.81. The van der Waals surface area contributed by atoms with E-state index in [0.29, 0.717) is 25.7 Å². The average molecular weight is 254 g/mol. The molecule has 1 saturated heterocycles. The molecule has 0 aromatic carbocycles. The number of urea groups is 1. The molecule has 5 nitrogen and oxygen atoms in total.